The van der Waals surface area contributed by atoms with E-state index in [1.807, 2.05) is 0 Å². The van der Waals surface area contributed by atoms with Crippen LogP contribution in [-0.2, 0) is 22.5 Å². The van der Waals surface area contributed by atoms with Crippen molar-refractivity contribution in [3.05, 3.63) is 40.3 Å². The van der Waals surface area contributed by atoms with E-state index < -0.39 is 0 Å². The molecule has 0 saturated carbocycles. The zero-order valence-electron chi connectivity index (χ0n) is 16.9. The number of methoxy groups -OCH3 is 1. The van der Waals surface area contributed by atoms with Crippen LogP contribution < -0.4 is 14.8 Å². The topological polar surface area (TPSA) is 77.1 Å². The molecule has 0 bridgehead atoms. The Morgan fingerprint density at radius 1 is 1.17 bits per heavy atom. The molecule has 29 heavy (non-hydrogen) atoms. The van der Waals surface area contributed by atoms with Gasteiger partial charge in [0, 0.05) is 18.0 Å². The van der Waals surface area contributed by atoms with Gasteiger partial charge in [-0.2, -0.15) is 0 Å². The van der Waals surface area contributed by atoms with E-state index in [1.54, 1.807) is 38.3 Å². The number of ether oxygens (including phenoxy) is 3. The highest BCUT2D eigenvalue weighted by molar-refractivity contribution is 7.17. The Kier molecular flexibility index (Phi) is 7.11. The van der Waals surface area contributed by atoms with E-state index in [0.717, 1.165) is 36.5 Å². The number of benzene rings is 1. The highest BCUT2D eigenvalue weighted by atomic mass is 32.1. The first-order valence-corrected chi connectivity index (χ1v) is 10.5. The SMILES string of the molecule is CCOC(=O)c1c(NC(=O)COc2ccc(OC)cc2)sc2c1CCN(CC)C2. The quantitative estimate of drug-likeness (QED) is 0.663. The van der Waals surface area contributed by atoms with Gasteiger partial charge in [0.2, 0.25) is 0 Å². The highest BCUT2D eigenvalue weighted by Crippen LogP contribution is 2.37. The molecule has 1 N–H and O–H groups in total. The smallest absolute Gasteiger partial charge is 0.341 e. The van der Waals surface area contributed by atoms with E-state index in [1.165, 1.54) is 11.3 Å². The van der Waals surface area contributed by atoms with Gasteiger partial charge in [0.05, 0.1) is 19.3 Å². The maximum Gasteiger partial charge on any atom is 0.341 e. The molecular formula is C21H26N2O5S. The third-order valence-electron chi connectivity index (χ3n) is 4.75. The van der Waals surface area contributed by atoms with Crippen molar-refractivity contribution < 1.29 is 23.8 Å². The van der Waals surface area contributed by atoms with Gasteiger partial charge in [0.15, 0.2) is 6.61 Å². The number of hydrogen-bond acceptors (Lipinski definition) is 7. The molecule has 0 spiro atoms. The van der Waals surface area contributed by atoms with Crippen molar-refractivity contribution in [2.24, 2.45) is 0 Å². The number of likely N-dealkylation sites (N-methyl/N-ethyl adjacent to an activating group) is 1. The van der Waals surface area contributed by atoms with Crippen LogP contribution in [-0.4, -0.2) is 50.2 Å². The van der Waals surface area contributed by atoms with Gasteiger partial charge < -0.3 is 19.5 Å². The number of amides is 1. The highest BCUT2D eigenvalue weighted by Gasteiger charge is 2.29. The van der Waals surface area contributed by atoms with E-state index in [2.05, 4.69) is 17.1 Å². The Bertz CT molecular complexity index is 863. The van der Waals surface area contributed by atoms with Gasteiger partial charge in [-0.1, -0.05) is 6.92 Å². The Morgan fingerprint density at radius 2 is 1.90 bits per heavy atom. The van der Waals surface area contributed by atoms with Crippen molar-refractivity contribution in [2.45, 2.75) is 26.8 Å². The normalized spacial score (nSPS) is 13.5. The van der Waals surface area contributed by atoms with Crippen LogP contribution in [0, 0.1) is 0 Å². The molecule has 1 aliphatic heterocycles. The number of hydrogen-bond donors (Lipinski definition) is 1. The van der Waals surface area contributed by atoms with Crippen LogP contribution in [0.5, 0.6) is 11.5 Å². The largest absolute Gasteiger partial charge is 0.497 e. The lowest BCUT2D eigenvalue weighted by Gasteiger charge is -2.25. The van der Waals surface area contributed by atoms with Gasteiger partial charge in [-0.05, 0) is 49.7 Å². The maximum atomic E-state index is 12.5. The van der Waals surface area contributed by atoms with Gasteiger partial charge >= 0.3 is 5.97 Å². The second-order valence-electron chi connectivity index (χ2n) is 6.56. The van der Waals surface area contributed by atoms with E-state index in [4.69, 9.17) is 14.2 Å². The fourth-order valence-electron chi connectivity index (χ4n) is 3.22. The van der Waals surface area contributed by atoms with Crippen LogP contribution in [0.3, 0.4) is 0 Å². The van der Waals surface area contributed by atoms with E-state index in [-0.39, 0.29) is 18.5 Å². The van der Waals surface area contributed by atoms with Crippen LogP contribution in [0.1, 0.15) is 34.6 Å². The molecule has 8 heteroatoms. The van der Waals surface area contributed by atoms with Crippen LogP contribution >= 0.6 is 11.3 Å². The molecule has 7 nitrogen and oxygen atoms in total. The molecule has 0 radical (unpaired) electrons. The van der Waals surface area contributed by atoms with E-state index in [0.29, 0.717) is 28.7 Å². The number of carbonyl (C=O) groups is 2. The first-order chi connectivity index (χ1) is 14.0. The van der Waals surface area contributed by atoms with Crippen molar-refractivity contribution in [3.63, 3.8) is 0 Å². The van der Waals surface area contributed by atoms with Gasteiger partial charge in [-0.15, -0.1) is 11.3 Å². The summed E-state index contributed by atoms with van der Waals surface area (Å²) in [5, 5.41) is 3.38. The van der Waals surface area contributed by atoms with Crippen LogP contribution in [0.2, 0.25) is 0 Å². The molecule has 0 unspecified atom stereocenters. The third kappa shape index (κ3) is 5.07. The molecule has 0 fully saturated rings. The minimum absolute atomic E-state index is 0.155. The summed E-state index contributed by atoms with van der Waals surface area (Å²) < 4.78 is 15.9. The summed E-state index contributed by atoms with van der Waals surface area (Å²) in [6, 6.07) is 7.00. The molecule has 1 aromatic carbocycles. The zero-order chi connectivity index (χ0) is 20.8. The Hall–Kier alpha value is -2.58. The zero-order valence-corrected chi connectivity index (χ0v) is 17.8. The van der Waals surface area contributed by atoms with Crippen molar-refractivity contribution in [2.75, 3.05) is 38.7 Å². The van der Waals surface area contributed by atoms with E-state index in [9.17, 15) is 9.59 Å². The Labute approximate surface area is 174 Å². The molecule has 2 aromatic rings. The first-order valence-electron chi connectivity index (χ1n) is 9.66. The number of carbonyl (C=O) groups excluding carboxylic acids is 2. The summed E-state index contributed by atoms with van der Waals surface area (Å²) in [4.78, 5) is 28.4. The molecule has 1 aliphatic rings. The molecule has 1 aromatic heterocycles. The summed E-state index contributed by atoms with van der Waals surface area (Å²) >= 11 is 1.44. The molecule has 3 rings (SSSR count). The van der Waals surface area contributed by atoms with Crippen LogP contribution in [0.15, 0.2) is 24.3 Å². The monoisotopic (exact) mass is 418 g/mol. The minimum Gasteiger partial charge on any atom is -0.497 e. The van der Waals surface area contributed by atoms with Crippen molar-refractivity contribution in [1.82, 2.24) is 4.90 Å². The number of thiophene rings is 1. The summed E-state index contributed by atoms with van der Waals surface area (Å²) in [7, 11) is 1.59. The van der Waals surface area contributed by atoms with Crippen molar-refractivity contribution in [1.29, 1.82) is 0 Å². The van der Waals surface area contributed by atoms with Crippen molar-refractivity contribution >= 4 is 28.2 Å². The van der Waals surface area contributed by atoms with Crippen LogP contribution in [0.4, 0.5) is 5.00 Å². The molecule has 0 saturated heterocycles. The summed E-state index contributed by atoms with van der Waals surface area (Å²) in [5.74, 6) is 0.570. The fourth-order valence-corrected chi connectivity index (χ4v) is 4.51. The van der Waals surface area contributed by atoms with Gasteiger partial charge in [-0.3, -0.25) is 9.69 Å². The molecule has 2 heterocycles. The second-order valence-corrected chi connectivity index (χ2v) is 7.66. The molecule has 0 atom stereocenters. The Balaban J connectivity index is 1.72. The number of anilines is 1. The second kappa shape index (κ2) is 9.76. The average molecular weight is 419 g/mol. The van der Waals surface area contributed by atoms with Crippen molar-refractivity contribution in [3.8, 4) is 11.5 Å². The standard InChI is InChI=1S/C21H26N2O5S/c1-4-23-11-10-16-17(12-23)29-20(19(16)21(25)27-5-2)22-18(24)13-28-15-8-6-14(26-3)7-9-15/h6-9H,4-5,10-13H2,1-3H3,(H,22,24). The molecular weight excluding hydrogens is 392 g/mol. The number of rotatable bonds is 8. The predicted octanol–water partition coefficient (Wildman–Crippen LogP) is 3.33. The fraction of sp³-hybridized carbons (Fsp3) is 0.429. The average Bonchev–Trinajstić information content (AvgIpc) is 3.09. The summed E-state index contributed by atoms with van der Waals surface area (Å²) in [6.45, 7) is 6.64. The third-order valence-corrected chi connectivity index (χ3v) is 5.88. The predicted molar refractivity (Wildman–Crippen MR) is 112 cm³/mol. The van der Waals surface area contributed by atoms with Gasteiger partial charge in [-0.25, -0.2) is 4.79 Å². The summed E-state index contributed by atoms with van der Waals surface area (Å²) in [5.41, 5.74) is 1.48. The molecule has 0 aliphatic carbocycles. The molecule has 156 valence electrons. The number of nitrogens with zero attached hydrogens (tertiary/aromatic N) is 1. The number of fused-ring (bicyclic) bond motifs is 1. The Morgan fingerprint density at radius 3 is 2.55 bits per heavy atom. The lowest BCUT2D eigenvalue weighted by molar-refractivity contribution is -0.118. The lowest BCUT2D eigenvalue weighted by atomic mass is 10.0. The van der Waals surface area contributed by atoms with Gasteiger partial charge in [0.25, 0.3) is 5.91 Å². The molecule has 1 amide bonds. The maximum absolute atomic E-state index is 12.5. The number of esters is 1. The lowest BCUT2D eigenvalue weighted by Crippen LogP contribution is -2.30. The van der Waals surface area contributed by atoms with E-state index >= 15 is 0 Å². The first kappa shape index (κ1) is 21.1. The summed E-state index contributed by atoms with van der Waals surface area (Å²) in [6.07, 6.45) is 0.770. The van der Waals surface area contributed by atoms with Crippen LogP contribution in [0.25, 0.3) is 0 Å². The van der Waals surface area contributed by atoms with Gasteiger partial charge in [0.1, 0.15) is 16.5 Å². The minimum atomic E-state index is -0.388. The number of nitrogens with one attached hydrogen (secondary N) is 1.